The van der Waals surface area contributed by atoms with Gasteiger partial charge in [-0.25, -0.2) is 9.37 Å². The number of rotatable bonds is 10. The zero-order valence-electron chi connectivity index (χ0n) is 13.5. The minimum atomic E-state index is -0.162. The van der Waals surface area contributed by atoms with Gasteiger partial charge in [0.25, 0.3) is 0 Å². The fraction of sp³-hybridized carbons (Fsp3) is 0.526. The molecular weight excluding hydrogens is 275 g/mol. The van der Waals surface area contributed by atoms with Gasteiger partial charge in [-0.1, -0.05) is 57.6 Å². The number of aromatic nitrogens is 2. The van der Waals surface area contributed by atoms with Crippen molar-refractivity contribution in [1.82, 2.24) is 9.55 Å². The average Bonchev–Trinajstić information content (AvgIpc) is 3.03. The molecule has 0 bridgehead atoms. The number of hydrogen-bond donors (Lipinski definition) is 0. The van der Waals surface area contributed by atoms with Crippen LogP contribution in [0.1, 0.15) is 63.4 Å². The Morgan fingerprint density at radius 2 is 1.77 bits per heavy atom. The van der Waals surface area contributed by atoms with Gasteiger partial charge in [0.1, 0.15) is 5.82 Å². The van der Waals surface area contributed by atoms with Gasteiger partial charge in [0.05, 0.1) is 6.33 Å². The molecule has 1 heterocycles. The Bertz CT molecular complexity index is 505. The summed E-state index contributed by atoms with van der Waals surface area (Å²) < 4.78 is 15.3. The van der Waals surface area contributed by atoms with Gasteiger partial charge < -0.3 is 4.57 Å². The maximum Gasteiger partial charge on any atom is 0.123 e. The minimum Gasteiger partial charge on any atom is -0.337 e. The fourth-order valence-corrected chi connectivity index (χ4v) is 2.92. The molecule has 22 heavy (non-hydrogen) atoms. The van der Waals surface area contributed by atoms with Crippen LogP contribution < -0.4 is 0 Å². The van der Waals surface area contributed by atoms with Crippen LogP contribution in [-0.2, 0) is 6.54 Å². The number of halogens is 1. The molecule has 0 aliphatic rings. The molecule has 0 radical (unpaired) electrons. The summed E-state index contributed by atoms with van der Waals surface area (Å²) in [6, 6.07) is 6.98. The lowest BCUT2D eigenvalue weighted by Gasteiger charge is -2.18. The Morgan fingerprint density at radius 3 is 2.45 bits per heavy atom. The Hall–Kier alpha value is -1.64. The number of hydrogen-bond acceptors (Lipinski definition) is 1. The van der Waals surface area contributed by atoms with Crippen molar-refractivity contribution in [3.05, 3.63) is 54.4 Å². The first-order chi connectivity index (χ1) is 10.8. The van der Waals surface area contributed by atoms with E-state index in [0.717, 1.165) is 13.0 Å². The predicted octanol–water partition coefficient (Wildman–Crippen LogP) is 5.56. The highest BCUT2D eigenvalue weighted by atomic mass is 19.1. The highest BCUT2D eigenvalue weighted by molar-refractivity contribution is 5.20. The van der Waals surface area contributed by atoms with Crippen LogP contribution in [0.25, 0.3) is 0 Å². The smallest absolute Gasteiger partial charge is 0.123 e. The van der Waals surface area contributed by atoms with Crippen molar-refractivity contribution in [3.63, 3.8) is 0 Å². The normalized spacial score (nSPS) is 12.5. The summed E-state index contributed by atoms with van der Waals surface area (Å²) in [7, 11) is 0. The van der Waals surface area contributed by atoms with Crippen molar-refractivity contribution in [2.45, 2.75) is 64.3 Å². The van der Waals surface area contributed by atoms with Crippen molar-refractivity contribution in [1.29, 1.82) is 0 Å². The Kier molecular flexibility index (Phi) is 7.14. The molecule has 1 aromatic heterocycles. The van der Waals surface area contributed by atoms with Crippen molar-refractivity contribution in [2.24, 2.45) is 0 Å². The minimum absolute atomic E-state index is 0.162. The molecule has 0 aliphatic heterocycles. The van der Waals surface area contributed by atoms with Gasteiger partial charge in [0.2, 0.25) is 0 Å². The standard InChI is InChI=1S/C19H27FN2/c1-2-3-4-5-6-7-8-18(15-22-14-13-21-16-22)17-9-11-19(20)12-10-17/h9-14,16,18H,2-8,15H2,1H3. The van der Waals surface area contributed by atoms with E-state index >= 15 is 0 Å². The summed E-state index contributed by atoms with van der Waals surface area (Å²) in [5, 5.41) is 0. The molecule has 2 nitrogen and oxygen atoms in total. The molecule has 3 heteroatoms. The first-order valence-electron chi connectivity index (χ1n) is 8.50. The topological polar surface area (TPSA) is 17.8 Å². The average molecular weight is 302 g/mol. The molecule has 0 saturated heterocycles. The first kappa shape index (κ1) is 16.7. The van der Waals surface area contributed by atoms with Crippen LogP contribution in [0.3, 0.4) is 0 Å². The van der Waals surface area contributed by atoms with Crippen LogP contribution in [-0.4, -0.2) is 9.55 Å². The van der Waals surface area contributed by atoms with Gasteiger partial charge in [-0.05, 0) is 24.1 Å². The molecule has 0 fully saturated rings. The molecular formula is C19H27FN2. The third-order valence-corrected chi connectivity index (χ3v) is 4.24. The number of imidazole rings is 1. The van der Waals surface area contributed by atoms with E-state index in [-0.39, 0.29) is 5.82 Å². The molecule has 2 rings (SSSR count). The van der Waals surface area contributed by atoms with E-state index in [1.165, 1.54) is 44.1 Å². The molecule has 1 atom stereocenters. The van der Waals surface area contributed by atoms with Crippen LogP contribution in [0.4, 0.5) is 4.39 Å². The van der Waals surface area contributed by atoms with Crippen molar-refractivity contribution < 1.29 is 4.39 Å². The second-order valence-corrected chi connectivity index (χ2v) is 6.06. The van der Waals surface area contributed by atoms with Crippen molar-refractivity contribution in [2.75, 3.05) is 0 Å². The fourth-order valence-electron chi connectivity index (χ4n) is 2.92. The van der Waals surface area contributed by atoms with Crippen LogP contribution in [0, 0.1) is 5.82 Å². The Labute approximate surface area is 133 Å². The largest absolute Gasteiger partial charge is 0.337 e. The summed E-state index contributed by atoms with van der Waals surface area (Å²) >= 11 is 0. The summed E-state index contributed by atoms with van der Waals surface area (Å²) in [5.74, 6) is 0.269. The molecule has 0 N–H and O–H groups in total. The molecule has 2 aromatic rings. The lowest BCUT2D eigenvalue weighted by molar-refractivity contribution is 0.485. The molecule has 0 aliphatic carbocycles. The number of unbranched alkanes of at least 4 members (excludes halogenated alkanes) is 5. The van der Waals surface area contributed by atoms with Gasteiger partial charge in [-0.15, -0.1) is 0 Å². The Balaban J connectivity index is 1.88. The number of benzene rings is 1. The van der Waals surface area contributed by atoms with Gasteiger partial charge in [0.15, 0.2) is 0 Å². The van der Waals surface area contributed by atoms with E-state index < -0.39 is 0 Å². The summed E-state index contributed by atoms with van der Waals surface area (Å²) in [6.07, 6.45) is 14.7. The first-order valence-corrected chi connectivity index (χ1v) is 8.50. The van der Waals surface area contributed by atoms with E-state index in [2.05, 4.69) is 16.5 Å². The monoisotopic (exact) mass is 302 g/mol. The van der Waals surface area contributed by atoms with E-state index in [1.807, 2.05) is 30.9 Å². The second kappa shape index (κ2) is 9.39. The van der Waals surface area contributed by atoms with Crippen molar-refractivity contribution >= 4 is 0 Å². The lowest BCUT2D eigenvalue weighted by atomic mass is 9.92. The van der Waals surface area contributed by atoms with Gasteiger partial charge in [0, 0.05) is 24.9 Å². The van der Waals surface area contributed by atoms with E-state index in [9.17, 15) is 4.39 Å². The maximum absolute atomic E-state index is 13.1. The second-order valence-electron chi connectivity index (χ2n) is 6.06. The SMILES string of the molecule is CCCCCCCCC(Cn1ccnc1)c1ccc(F)cc1. The zero-order valence-corrected chi connectivity index (χ0v) is 13.5. The maximum atomic E-state index is 13.1. The number of nitrogens with zero attached hydrogens (tertiary/aromatic N) is 2. The third-order valence-electron chi connectivity index (χ3n) is 4.24. The van der Waals surface area contributed by atoms with Gasteiger partial charge in [-0.3, -0.25) is 0 Å². The van der Waals surface area contributed by atoms with Gasteiger partial charge >= 0.3 is 0 Å². The summed E-state index contributed by atoms with van der Waals surface area (Å²) in [4.78, 5) is 4.12. The van der Waals surface area contributed by atoms with Gasteiger partial charge in [-0.2, -0.15) is 0 Å². The molecule has 120 valence electrons. The van der Waals surface area contributed by atoms with Crippen LogP contribution in [0.15, 0.2) is 43.0 Å². The highest BCUT2D eigenvalue weighted by Gasteiger charge is 2.12. The third kappa shape index (κ3) is 5.63. The summed E-state index contributed by atoms with van der Waals surface area (Å²) in [5.41, 5.74) is 1.23. The molecule has 0 saturated carbocycles. The molecule has 0 amide bonds. The van der Waals surface area contributed by atoms with Crippen LogP contribution in [0.5, 0.6) is 0 Å². The lowest BCUT2D eigenvalue weighted by Crippen LogP contribution is -2.08. The van der Waals surface area contributed by atoms with Crippen LogP contribution in [0.2, 0.25) is 0 Å². The highest BCUT2D eigenvalue weighted by Crippen LogP contribution is 2.25. The molecule has 1 aromatic carbocycles. The van der Waals surface area contributed by atoms with Crippen LogP contribution >= 0.6 is 0 Å². The van der Waals surface area contributed by atoms with E-state index in [4.69, 9.17) is 0 Å². The predicted molar refractivity (Wildman–Crippen MR) is 89.4 cm³/mol. The molecule has 1 unspecified atom stereocenters. The van der Waals surface area contributed by atoms with E-state index in [1.54, 1.807) is 12.1 Å². The Morgan fingerprint density at radius 1 is 1.05 bits per heavy atom. The quantitative estimate of drug-likeness (QED) is 0.526. The summed E-state index contributed by atoms with van der Waals surface area (Å²) in [6.45, 7) is 3.16. The zero-order chi connectivity index (χ0) is 15.6. The molecule has 0 spiro atoms. The van der Waals surface area contributed by atoms with E-state index in [0.29, 0.717) is 5.92 Å². The van der Waals surface area contributed by atoms with Crippen molar-refractivity contribution in [3.8, 4) is 0 Å².